The largest absolute Gasteiger partial charge is 0.511 e. The van der Waals surface area contributed by atoms with Crippen LogP contribution < -0.4 is 0 Å². The molecular weight excluding hydrogens is 240 g/mol. The van der Waals surface area contributed by atoms with Crippen molar-refractivity contribution in [3.8, 4) is 0 Å². The molecule has 0 amide bonds. The zero-order valence-corrected chi connectivity index (χ0v) is 10.4. The Morgan fingerprint density at radius 2 is 1.61 bits per heavy atom. The van der Waals surface area contributed by atoms with Crippen LogP contribution in [0.1, 0.15) is 27.2 Å². The number of rotatable bonds is 2. The Labute approximate surface area is 104 Å². The predicted octanol–water partition coefficient (Wildman–Crippen LogP) is 1.85. The molecule has 0 aromatic carbocycles. The van der Waals surface area contributed by atoms with Crippen molar-refractivity contribution in [2.75, 3.05) is 0 Å². The second-order valence-corrected chi connectivity index (χ2v) is 5.31. The molecule has 1 rings (SSSR count). The Balaban J connectivity index is 3.46. The lowest BCUT2D eigenvalue weighted by atomic mass is 9.71. The SMILES string of the molecule is CC(C)(C)C1C(O)=C(C(=O)O)CC(O)=C1C(=O)O. The first-order chi connectivity index (χ1) is 8.07. The van der Waals surface area contributed by atoms with Gasteiger partial charge in [0.15, 0.2) is 0 Å². The van der Waals surface area contributed by atoms with E-state index in [9.17, 15) is 19.8 Å². The number of allylic oxidation sites excluding steroid dienone is 2. The molecule has 6 nitrogen and oxygen atoms in total. The van der Waals surface area contributed by atoms with Crippen LogP contribution in [-0.4, -0.2) is 32.4 Å². The van der Waals surface area contributed by atoms with Gasteiger partial charge in [-0.3, -0.25) is 0 Å². The molecule has 0 radical (unpaired) electrons. The summed E-state index contributed by atoms with van der Waals surface area (Å²) in [5.41, 5.74) is -1.44. The van der Waals surface area contributed by atoms with Crippen LogP contribution in [0.4, 0.5) is 0 Å². The number of hydrogen-bond donors (Lipinski definition) is 4. The molecule has 0 saturated heterocycles. The van der Waals surface area contributed by atoms with Crippen LogP contribution in [0.2, 0.25) is 0 Å². The van der Waals surface area contributed by atoms with Crippen LogP contribution in [0.15, 0.2) is 22.7 Å². The third kappa shape index (κ3) is 2.32. The van der Waals surface area contributed by atoms with Crippen LogP contribution in [0.25, 0.3) is 0 Å². The molecule has 0 spiro atoms. The minimum atomic E-state index is -1.36. The lowest BCUT2D eigenvalue weighted by Crippen LogP contribution is -2.33. The smallest absolute Gasteiger partial charge is 0.335 e. The van der Waals surface area contributed by atoms with Gasteiger partial charge in [-0.2, -0.15) is 0 Å². The van der Waals surface area contributed by atoms with E-state index in [-0.39, 0.29) is 11.1 Å². The monoisotopic (exact) mass is 256 g/mol. The quantitative estimate of drug-likeness (QED) is 0.599. The highest BCUT2D eigenvalue weighted by Crippen LogP contribution is 2.43. The Morgan fingerprint density at radius 3 is 1.94 bits per heavy atom. The van der Waals surface area contributed by atoms with E-state index in [4.69, 9.17) is 10.2 Å². The minimum absolute atomic E-state index is 0.343. The van der Waals surface area contributed by atoms with Crippen LogP contribution in [0, 0.1) is 11.3 Å². The molecule has 0 aliphatic heterocycles. The summed E-state index contributed by atoms with van der Waals surface area (Å²) in [6.07, 6.45) is -0.477. The third-order valence-corrected chi connectivity index (χ3v) is 2.88. The molecular formula is C12H16O6. The zero-order valence-electron chi connectivity index (χ0n) is 10.4. The van der Waals surface area contributed by atoms with Gasteiger partial charge in [-0.25, -0.2) is 9.59 Å². The Morgan fingerprint density at radius 1 is 1.11 bits per heavy atom. The van der Waals surface area contributed by atoms with E-state index in [1.165, 1.54) is 0 Å². The van der Waals surface area contributed by atoms with Crippen LogP contribution in [-0.2, 0) is 9.59 Å². The molecule has 1 aliphatic carbocycles. The van der Waals surface area contributed by atoms with E-state index >= 15 is 0 Å². The van der Waals surface area contributed by atoms with E-state index in [1.54, 1.807) is 20.8 Å². The topological polar surface area (TPSA) is 115 Å². The highest BCUT2D eigenvalue weighted by Gasteiger charge is 2.42. The molecule has 1 unspecified atom stereocenters. The second kappa shape index (κ2) is 4.36. The van der Waals surface area contributed by atoms with Crippen molar-refractivity contribution in [3.05, 3.63) is 22.7 Å². The molecule has 0 bridgehead atoms. The lowest BCUT2D eigenvalue weighted by molar-refractivity contribution is -0.135. The van der Waals surface area contributed by atoms with Crippen LogP contribution >= 0.6 is 0 Å². The van der Waals surface area contributed by atoms with Crippen molar-refractivity contribution in [1.82, 2.24) is 0 Å². The Hall–Kier alpha value is -1.98. The van der Waals surface area contributed by atoms with E-state index in [0.29, 0.717) is 0 Å². The van der Waals surface area contributed by atoms with Gasteiger partial charge >= 0.3 is 11.9 Å². The van der Waals surface area contributed by atoms with Gasteiger partial charge in [-0.1, -0.05) is 20.8 Å². The summed E-state index contributed by atoms with van der Waals surface area (Å²) in [5.74, 6) is -4.78. The second-order valence-electron chi connectivity index (χ2n) is 5.31. The third-order valence-electron chi connectivity index (χ3n) is 2.88. The van der Waals surface area contributed by atoms with E-state index in [1.807, 2.05) is 0 Å². The Kier molecular flexibility index (Phi) is 3.41. The predicted molar refractivity (Wildman–Crippen MR) is 62.1 cm³/mol. The first-order valence-corrected chi connectivity index (χ1v) is 5.38. The van der Waals surface area contributed by atoms with Gasteiger partial charge in [0.25, 0.3) is 0 Å². The average Bonchev–Trinajstić information content (AvgIpc) is 2.17. The number of aliphatic carboxylic acids is 2. The molecule has 0 saturated carbocycles. The highest BCUT2D eigenvalue weighted by molar-refractivity contribution is 5.93. The fourth-order valence-electron chi connectivity index (χ4n) is 2.11. The van der Waals surface area contributed by atoms with Crippen molar-refractivity contribution >= 4 is 11.9 Å². The Bertz CT molecular complexity index is 463. The molecule has 0 aromatic heterocycles. The fourth-order valence-corrected chi connectivity index (χ4v) is 2.11. The van der Waals surface area contributed by atoms with Gasteiger partial charge in [-0.15, -0.1) is 0 Å². The van der Waals surface area contributed by atoms with Crippen molar-refractivity contribution in [1.29, 1.82) is 0 Å². The number of hydrogen-bond acceptors (Lipinski definition) is 4. The maximum atomic E-state index is 11.1. The summed E-state index contributed by atoms with van der Waals surface area (Å²) in [7, 11) is 0. The first-order valence-electron chi connectivity index (χ1n) is 5.38. The lowest BCUT2D eigenvalue weighted by Gasteiger charge is -2.34. The minimum Gasteiger partial charge on any atom is -0.511 e. The van der Waals surface area contributed by atoms with Crippen molar-refractivity contribution in [2.24, 2.45) is 11.3 Å². The summed E-state index contributed by atoms with van der Waals surface area (Å²) in [6, 6.07) is 0. The number of aliphatic hydroxyl groups is 2. The summed E-state index contributed by atoms with van der Waals surface area (Å²) in [4.78, 5) is 22.1. The van der Waals surface area contributed by atoms with Crippen LogP contribution in [0.5, 0.6) is 0 Å². The van der Waals surface area contributed by atoms with E-state index in [2.05, 4.69) is 0 Å². The van der Waals surface area contributed by atoms with E-state index in [0.717, 1.165) is 0 Å². The molecule has 18 heavy (non-hydrogen) atoms. The molecule has 100 valence electrons. The van der Waals surface area contributed by atoms with Gasteiger partial charge in [0.05, 0.1) is 17.1 Å². The van der Waals surface area contributed by atoms with Gasteiger partial charge in [-0.05, 0) is 5.41 Å². The average molecular weight is 256 g/mol. The number of aliphatic hydroxyl groups excluding tert-OH is 2. The van der Waals surface area contributed by atoms with Gasteiger partial charge in [0, 0.05) is 6.42 Å². The zero-order chi connectivity index (χ0) is 14.2. The van der Waals surface area contributed by atoms with Gasteiger partial charge in [0.2, 0.25) is 0 Å². The summed E-state index contributed by atoms with van der Waals surface area (Å²) < 4.78 is 0. The standard InChI is InChI=1S/C12H16O6/c1-12(2,3)8-7(11(17)18)6(13)4-5(9(8)14)10(15)16/h8,13-14H,4H2,1-3H3,(H,15,16)(H,17,18). The normalized spacial score (nSPS) is 21.2. The van der Waals surface area contributed by atoms with Gasteiger partial charge in [0.1, 0.15) is 11.5 Å². The first kappa shape index (κ1) is 14.1. The van der Waals surface area contributed by atoms with Crippen molar-refractivity contribution in [3.63, 3.8) is 0 Å². The molecule has 1 atom stereocenters. The highest BCUT2D eigenvalue weighted by atomic mass is 16.4. The summed E-state index contributed by atoms with van der Waals surface area (Å²) in [6.45, 7) is 4.98. The molecule has 0 fully saturated rings. The van der Waals surface area contributed by atoms with Crippen molar-refractivity contribution in [2.45, 2.75) is 27.2 Å². The van der Waals surface area contributed by atoms with Crippen molar-refractivity contribution < 1.29 is 30.0 Å². The number of carboxylic acids is 2. The summed E-state index contributed by atoms with van der Waals surface area (Å²) in [5, 5.41) is 37.7. The molecule has 0 aromatic rings. The molecule has 6 heteroatoms. The maximum absolute atomic E-state index is 11.1. The maximum Gasteiger partial charge on any atom is 0.335 e. The summed E-state index contributed by atoms with van der Waals surface area (Å²) >= 11 is 0. The molecule has 4 N–H and O–H groups in total. The fraction of sp³-hybridized carbons (Fsp3) is 0.500. The number of carbonyl (C=O) groups is 2. The molecule has 1 aliphatic rings. The molecule has 0 heterocycles. The van der Waals surface area contributed by atoms with Gasteiger partial charge < -0.3 is 20.4 Å². The van der Waals surface area contributed by atoms with E-state index < -0.39 is 41.2 Å². The number of carboxylic acid groups (broad SMARTS) is 2. The van der Waals surface area contributed by atoms with Crippen LogP contribution in [0.3, 0.4) is 0 Å².